The molecule has 4 amide bonds. The number of hydrogen-bond acceptors (Lipinski definition) is 6. The molecule has 0 unspecified atom stereocenters. The van der Waals surface area contributed by atoms with Crippen molar-refractivity contribution in [1.29, 1.82) is 0 Å². The van der Waals surface area contributed by atoms with Crippen molar-refractivity contribution in [2.45, 2.75) is 25.7 Å². The highest BCUT2D eigenvalue weighted by atomic mass is 35.5. The van der Waals surface area contributed by atoms with Crippen LogP contribution in [-0.2, 0) is 19.2 Å². The first kappa shape index (κ1) is 28.3. The smallest absolute Gasteiger partial charge is 0.241 e. The van der Waals surface area contributed by atoms with Crippen molar-refractivity contribution >= 4 is 46.6 Å². The van der Waals surface area contributed by atoms with Crippen LogP contribution >= 0.6 is 11.6 Å². The second-order valence-corrected chi connectivity index (χ2v) is 12.4. The molecule has 10 heteroatoms. The molecule has 1 saturated carbocycles. The Labute approximate surface area is 257 Å². The zero-order valence-electron chi connectivity index (χ0n) is 23.9. The number of halogens is 2. The number of amides is 4. The van der Waals surface area contributed by atoms with Gasteiger partial charge < -0.3 is 9.84 Å². The molecule has 7 rings (SSSR count). The van der Waals surface area contributed by atoms with Crippen LogP contribution in [0.5, 0.6) is 11.5 Å². The lowest BCUT2D eigenvalue weighted by Crippen LogP contribution is -2.48. The Morgan fingerprint density at radius 2 is 1.66 bits per heavy atom. The summed E-state index contributed by atoms with van der Waals surface area (Å²) < 4.78 is 19.5. The van der Waals surface area contributed by atoms with Crippen LogP contribution in [0.4, 0.5) is 15.8 Å². The summed E-state index contributed by atoms with van der Waals surface area (Å²) in [6, 6.07) is 17.3. The SMILES string of the molecule is COc1cc([C@H]2C3=CC[C@@H]4C(=O)N(c5ccccc5)C(=O)[C@@H]4[C@@H]3C[C@H]3C(=O)N(c4ccc(F)c(Cl)c4)C(=O)[C@@]23C)ccc1O. The van der Waals surface area contributed by atoms with E-state index in [1.165, 1.54) is 30.2 Å². The summed E-state index contributed by atoms with van der Waals surface area (Å²) in [5, 5.41) is 10.2. The number of carbonyl (C=O) groups excluding carboxylic acids is 4. The fraction of sp³-hybridized carbons (Fsp3) is 0.294. The van der Waals surface area contributed by atoms with Crippen molar-refractivity contribution in [3.8, 4) is 11.5 Å². The molecule has 8 nitrogen and oxygen atoms in total. The summed E-state index contributed by atoms with van der Waals surface area (Å²) in [7, 11) is 1.42. The maximum Gasteiger partial charge on any atom is 0.241 e. The number of ether oxygens (including phenoxy) is 1. The molecule has 0 bridgehead atoms. The van der Waals surface area contributed by atoms with Gasteiger partial charge in [-0.3, -0.25) is 24.1 Å². The molecule has 4 aliphatic rings. The molecule has 2 saturated heterocycles. The zero-order valence-corrected chi connectivity index (χ0v) is 24.6. The standard InChI is InChI=1S/C34H28ClFN2O6/c1-34-23(31(41)38(33(34)43)19-9-12-25(36)24(35)15-19)16-22-20(29(34)17-8-13-26(39)27(14-17)44-2)10-11-21-28(22)32(42)37(30(21)40)18-6-4-3-5-7-18/h3-10,12-15,21-23,28-29,39H,11,16H2,1-2H3/t21-,22+,23-,28-,29-,34+/m0/s1. The summed E-state index contributed by atoms with van der Waals surface area (Å²) in [6.07, 6.45) is 2.43. The van der Waals surface area contributed by atoms with E-state index in [1.807, 2.05) is 12.1 Å². The first-order chi connectivity index (χ1) is 21.1. The molecule has 3 fully saturated rings. The Balaban J connectivity index is 1.38. The molecule has 0 aromatic heterocycles. The van der Waals surface area contributed by atoms with Gasteiger partial charge in [0, 0.05) is 5.92 Å². The van der Waals surface area contributed by atoms with Gasteiger partial charge in [0.2, 0.25) is 23.6 Å². The fourth-order valence-corrected chi connectivity index (χ4v) is 8.15. The third kappa shape index (κ3) is 3.81. The van der Waals surface area contributed by atoms with Crippen molar-refractivity contribution in [3.05, 3.63) is 94.8 Å². The van der Waals surface area contributed by atoms with Crippen molar-refractivity contribution < 1.29 is 33.4 Å². The van der Waals surface area contributed by atoms with Gasteiger partial charge in [0.15, 0.2) is 11.5 Å². The number of anilines is 2. The average molecular weight is 615 g/mol. The molecule has 44 heavy (non-hydrogen) atoms. The number of phenolic OH excluding ortho intramolecular Hbond substituents is 1. The largest absolute Gasteiger partial charge is 0.504 e. The molecule has 224 valence electrons. The van der Waals surface area contributed by atoms with Crippen molar-refractivity contribution in [2.24, 2.45) is 29.1 Å². The quantitative estimate of drug-likeness (QED) is 0.302. The second-order valence-electron chi connectivity index (χ2n) is 12.0. The van der Waals surface area contributed by atoms with E-state index >= 15 is 0 Å². The van der Waals surface area contributed by atoms with E-state index in [-0.39, 0.29) is 40.4 Å². The Bertz CT molecular complexity index is 1790. The van der Waals surface area contributed by atoms with E-state index in [2.05, 4.69) is 0 Å². The molecule has 0 radical (unpaired) electrons. The first-order valence-electron chi connectivity index (χ1n) is 14.4. The molecular weight excluding hydrogens is 587 g/mol. The Morgan fingerprint density at radius 3 is 2.36 bits per heavy atom. The maximum atomic E-state index is 14.5. The molecule has 2 aliphatic carbocycles. The summed E-state index contributed by atoms with van der Waals surface area (Å²) in [5.41, 5.74) is 0.763. The molecule has 3 aromatic rings. The number of phenols is 1. The van der Waals surface area contributed by atoms with E-state index in [0.29, 0.717) is 17.7 Å². The number of para-hydroxylation sites is 1. The van der Waals surface area contributed by atoms with Gasteiger partial charge in [-0.15, -0.1) is 0 Å². The number of allylic oxidation sites excluding steroid dienone is 2. The van der Waals surface area contributed by atoms with E-state index in [0.717, 1.165) is 16.5 Å². The normalized spacial score (nSPS) is 29.4. The molecule has 6 atom stereocenters. The number of aromatic hydroxyl groups is 1. The zero-order chi connectivity index (χ0) is 31.1. The number of nitrogens with zero attached hydrogens (tertiary/aromatic N) is 2. The van der Waals surface area contributed by atoms with Gasteiger partial charge in [-0.1, -0.05) is 47.5 Å². The minimum Gasteiger partial charge on any atom is -0.504 e. The van der Waals surface area contributed by atoms with Crippen LogP contribution in [0.3, 0.4) is 0 Å². The van der Waals surface area contributed by atoms with E-state index in [9.17, 15) is 28.7 Å². The maximum absolute atomic E-state index is 14.5. The highest BCUT2D eigenvalue weighted by Gasteiger charge is 2.67. The Hall–Kier alpha value is -4.50. The highest BCUT2D eigenvalue weighted by molar-refractivity contribution is 6.32. The highest BCUT2D eigenvalue weighted by Crippen LogP contribution is 2.64. The van der Waals surface area contributed by atoms with Gasteiger partial charge in [0.1, 0.15) is 5.82 Å². The summed E-state index contributed by atoms with van der Waals surface area (Å²) in [6.45, 7) is 1.74. The van der Waals surface area contributed by atoms with Crippen LogP contribution in [0.1, 0.15) is 31.2 Å². The third-order valence-corrected chi connectivity index (χ3v) is 10.3. The number of hydrogen-bond donors (Lipinski definition) is 1. The number of methoxy groups -OCH3 is 1. The van der Waals surface area contributed by atoms with E-state index in [4.69, 9.17) is 16.3 Å². The number of carbonyl (C=O) groups is 4. The predicted molar refractivity (Wildman–Crippen MR) is 160 cm³/mol. The molecular formula is C34H28ClFN2O6. The van der Waals surface area contributed by atoms with Gasteiger partial charge in [-0.05, 0) is 73.7 Å². The van der Waals surface area contributed by atoms with Gasteiger partial charge in [0.25, 0.3) is 0 Å². The number of fused-ring (bicyclic) bond motifs is 4. The molecule has 0 spiro atoms. The van der Waals surface area contributed by atoms with Crippen LogP contribution in [-0.4, -0.2) is 35.8 Å². The van der Waals surface area contributed by atoms with Crippen LogP contribution in [0.25, 0.3) is 0 Å². The minimum absolute atomic E-state index is 0.0884. The van der Waals surface area contributed by atoms with Crippen LogP contribution in [0.2, 0.25) is 5.02 Å². The first-order valence-corrected chi connectivity index (χ1v) is 14.8. The lowest BCUT2D eigenvalue weighted by molar-refractivity contribution is -0.131. The van der Waals surface area contributed by atoms with Crippen LogP contribution in [0, 0.1) is 34.9 Å². The summed E-state index contributed by atoms with van der Waals surface area (Å²) >= 11 is 6.06. The van der Waals surface area contributed by atoms with E-state index in [1.54, 1.807) is 43.3 Å². The lowest BCUT2D eigenvalue weighted by Gasteiger charge is -2.49. The topological polar surface area (TPSA) is 104 Å². The van der Waals surface area contributed by atoms with Gasteiger partial charge in [0.05, 0.1) is 46.7 Å². The molecule has 1 N–H and O–H groups in total. The summed E-state index contributed by atoms with van der Waals surface area (Å²) in [4.78, 5) is 58.7. The van der Waals surface area contributed by atoms with Gasteiger partial charge in [-0.25, -0.2) is 9.29 Å². The van der Waals surface area contributed by atoms with E-state index < -0.39 is 52.6 Å². The molecule has 2 heterocycles. The lowest BCUT2D eigenvalue weighted by atomic mass is 9.51. The van der Waals surface area contributed by atoms with Crippen LogP contribution < -0.4 is 14.5 Å². The Morgan fingerprint density at radius 1 is 0.909 bits per heavy atom. The van der Waals surface area contributed by atoms with Crippen molar-refractivity contribution in [3.63, 3.8) is 0 Å². The number of rotatable bonds is 4. The third-order valence-electron chi connectivity index (χ3n) is 9.99. The monoisotopic (exact) mass is 614 g/mol. The van der Waals surface area contributed by atoms with Crippen LogP contribution in [0.15, 0.2) is 78.4 Å². The summed E-state index contributed by atoms with van der Waals surface area (Å²) in [5.74, 6) is -5.51. The predicted octanol–water partition coefficient (Wildman–Crippen LogP) is 5.63. The fourth-order valence-electron chi connectivity index (χ4n) is 7.97. The van der Waals surface area contributed by atoms with Gasteiger partial charge in [-0.2, -0.15) is 0 Å². The molecule has 3 aromatic carbocycles. The second kappa shape index (κ2) is 10.0. The molecule has 2 aliphatic heterocycles. The minimum atomic E-state index is -1.31. The number of benzene rings is 3. The average Bonchev–Trinajstić information content (AvgIpc) is 3.39. The number of imide groups is 2. The van der Waals surface area contributed by atoms with Crippen molar-refractivity contribution in [1.82, 2.24) is 0 Å². The van der Waals surface area contributed by atoms with Gasteiger partial charge >= 0.3 is 0 Å². The Kier molecular flexibility index (Phi) is 6.44. The van der Waals surface area contributed by atoms with Crippen molar-refractivity contribution in [2.75, 3.05) is 16.9 Å².